The zero-order valence-corrected chi connectivity index (χ0v) is 13.6. The predicted octanol–water partition coefficient (Wildman–Crippen LogP) is 2.60. The molecule has 1 saturated heterocycles. The van der Waals surface area contributed by atoms with Crippen molar-refractivity contribution < 1.29 is 14.3 Å². The molecule has 6 nitrogen and oxygen atoms in total. The molecule has 0 unspecified atom stereocenters. The first-order valence-corrected chi connectivity index (χ1v) is 8.12. The smallest absolute Gasteiger partial charge is 0.322 e. The molecule has 2 fully saturated rings. The molecular weight excluding hydrogens is 294 g/mol. The molecule has 1 aromatic carbocycles. The Balaban J connectivity index is 1.66. The van der Waals surface area contributed by atoms with Crippen LogP contribution in [0, 0.1) is 12.8 Å². The van der Waals surface area contributed by atoms with Gasteiger partial charge in [-0.2, -0.15) is 0 Å². The number of urea groups is 1. The van der Waals surface area contributed by atoms with E-state index in [0.717, 1.165) is 29.8 Å². The molecular formula is C17H23N3O3. The van der Waals surface area contributed by atoms with Gasteiger partial charge in [0.2, 0.25) is 5.91 Å². The van der Waals surface area contributed by atoms with Crippen molar-refractivity contribution >= 4 is 23.3 Å². The molecule has 1 atom stereocenters. The summed E-state index contributed by atoms with van der Waals surface area (Å²) in [4.78, 5) is 26.0. The Morgan fingerprint density at radius 2 is 2.04 bits per heavy atom. The Kier molecular flexibility index (Phi) is 4.52. The highest BCUT2D eigenvalue weighted by atomic mass is 16.5. The lowest BCUT2D eigenvalue weighted by atomic mass is 10.1. The van der Waals surface area contributed by atoms with Crippen LogP contribution in [-0.4, -0.2) is 42.6 Å². The second-order valence-corrected chi connectivity index (χ2v) is 6.35. The summed E-state index contributed by atoms with van der Waals surface area (Å²) in [5.74, 6) is 0.220. The summed E-state index contributed by atoms with van der Waals surface area (Å²) in [7, 11) is 0. The number of morpholine rings is 1. The lowest BCUT2D eigenvalue weighted by molar-refractivity contribution is -0.117. The summed E-state index contributed by atoms with van der Waals surface area (Å²) in [6.45, 7) is 5.63. The lowest BCUT2D eigenvalue weighted by Crippen LogP contribution is -2.46. The fourth-order valence-corrected chi connectivity index (χ4v) is 2.62. The van der Waals surface area contributed by atoms with Gasteiger partial charge in [0.05, 0.1) is 12.7 Å². The number of nitrogens with one attached hydrogen (secondary N) is 2. The zero-order valence-electron chi connectivity index (χ0n) is 13.6. The van der Waals surface area contributed by atoms with Crippen LogP contribution in [-0.2, 0) is 9.53 Å². The SMILES string of the molecule is Cc1ccc(NC(=O)C2CC2)cc1NC(=O)N1CCO[C@H](C)C1. The van der Waals surface area contributed by atoms with E-state index in [-0.39, 0.29) is 24.0 Å². The minimum absolute atomic E-state index is 0.0553. The summed E-state index contributed by atoms with van der Waals surface area (Å²) >= 11 is 0. The Labute approximate surface area is 136 Å². The van der Waals surface area contributed by atoms with Crippen molar-refractivity contribution in [1.82, 2.24) is 4.90 Å². The van der Waals surface area contributed by atoms with Crippen molar-refractivity contribution in [3.05, 3.63) is 23.8 Å². The first-order chi connectivity index (χ1) is 11.0. The van der Waals surface area contributed by atoms with Gasteiger partial charge in [-0.3, -0.25) is 4.79 Å². The van der Waals surface area contributed by atoms with E-state index >= 15 is 0 Å². The van der Waals surface area contributed by atoms with Gasteiger partial charge in [0.1, 0.15) is 0 Å². The fraction of sp³-hybridized carbons (Fsp3) is 0.529. The van der Waals surface area contributed by atoms with Gasteiger partial charge >= 0.3 is 6.03 Å². The molecule has 6 heteroatoms. The highest BCUT2D eigenvalue weighted by molar-refractivity contribution is 5.96. The maximum atomic E-state index is 12.4. The van der Waals surface area contributed by atoms with Gasteiger partial charge in [-0.15, -0.1) is 0 Å². The van der Waals surface area contributed by atoms with Crippen molar-refractivity contribution in [3.63, 3.8) is 0 Å². The van der Waals surface area contributed by atoms with Crippen LogP contribution < -0.4 is 10.6 Å². The monoisotopic (exact) mass is 317 g/mol. The van der Waals surface area contributed by atoms with E-state index in [1.54, 1.807) is 4.90 Å². The highest BCUT2D eigenvalue weighted by Crippen LogP contribution is 2.30. The van der Waals surface area contributed by atoms with Crippen molar-refractivity contribution in [1.29, 1.82) is 0 Å². The molecule has 124 valence electrons. The minimum atomic E-state index is -0.131. The van der Waals surface area contributed by atoms with Gasteiger partial charge in [-0.25, -0.2) is 4.79 Å². The van der Waals surface area contributed by atoms with E-state index in [0.29, 0.717) is 19.7 Å². The lowest BCUT2D eigenvalue weighted by Gasteiger charge is -2.31. The first-order valence-electron chi connectivity index (χ1n) is 8.12. The van der Waals surface area contributed by atoms with E-state index < -0.39 is 0 Å². The molecule has 2 aliphatic rings. The van der Waals surface area contributed by atoms with E-state index in [9.17, 15) is 9.59 Å². The van der Waals surface area contributed by atoms with Crippen LogP contribution in [0.2, 0.25) is 0 Å². The van der Waals surface area contributed by atoms with Gasteiger partial charge in [-0.1, -0.05) is 6.07 Å². The highest BCUT2D eigenvalue weighted by Gasteiger charge is 2.29. The molecule has 3 rings (SSSR count). The van der Waals surface area contributed by atoms with Crippen LogP contribution >= 0.6 is 0 Å². The number of benzene rings is 1. The predicted molar refractivity (Wildman–Crippen MR) is 88.5 cm³/mol. The average Bonchev–Trinajstić information content (AvgIpc) is 3.35. The van der Waals surface area contributed by atoms with Crippen LogP contribution in [0.5, 0.6) is 0 Å². The van der Waals surface area contributed by atoms with Crippen LogP contribution in [0.4, 0.5) is 16.2 Å². The minimum Gasteiger partial charge on any atom is -0.375 e. The fourth-order valence-electron chi connectivity index (χ4n) is 2.62. The quantitative estimate of drug-likeness (QED) is 0.900. The molecule has 0 bridgehead atoms. The van der Waals surface area contributed by atoms with Gasteiger partial charge in [0.15, 0.2) is 0 Å². The third kappa shape index (κ3) is 4.01. The first kappa shape index (κ1) is 15.8. The third-order valence-corrected chi connectivity index (χ3v) is 4.22. The number of aryl methyl sites for hydroxylation is 1. The Hall–Kier alpha value is -2.08. The summed E-state index contributed by atoms with van der Waals surface area (Å²) in [6, 6.07) is 5.45. The van der Waals surface area contributed by atoms with Crippen LogP contribution in [0.3, 0.4) is 0 Å². The van der Waals surface area contributed by atoms with Crippen molar-refractivity contribution in [2.75, 3.05) is 30.3 Å². The second kappa shape index (κ2) is 6.58. The molecule has 0 spiro atoms. The molecule has 2 N–H and O–H groups in total. The normalized spacial score (nSPS) is 21.0. The molecule has 3 amide bonds. The number of amides is 3. The van der Waals surface area contributed by atoms with E-state index in [2.05, 4.69) is 10.6 Å². The van der Waals surface area contributed by atoms with Crippen LogP contribution in [0.1, 0.15) is 25.3 Å². The molecule has 23 heavy (non-hydrogen) atoms. The van der Waals surface area contributed by atoms with Crippen molar-refractivity contribution in [3.8, 4) is 0 Å². The Morgan fingerprint density at radius 1 is 1.26 bits per heavy atom. The summed E-state index contributed by atoms with van der Waals surface area (Å²) in [5, 5.41) is 5.85. The number of hydrogen-bond acceptors (Lipinski definition) is 3. The molecule has 0 radical (unpaired) electrons. The zero-order chi connectivity index (χ0) is 16.4. The van der Waals surface area contributed by atoms with Crippen molar-refractivity contribution in [2.24, 2.45) is 5.92 Å². The standard InChI is InChI=1S/C17H23N3O3/c1-11-3-6-14(18-16(21)13-4-5-13)9-15(11)19-17(22)20-7-8-23-12(2)10-20/h3,6,9,12-13H,4-5,7-8,10H2,1-2H3,(H,18,21)(H,19,22)/t12-/m1/s1. The van der Waals surface area contributed by atoms with Gasteiger partial charge < -0.3 is 20.3 Å². The van der Waals surface area contributed by atoms with Gasteiger partial charge in [0, 0.05) is 30.4 Å². The summed E-state index contributed by atoms with van der Waals surface area (Å²) < 4.78 is 5.45. The van der Waals surface area contributed by atoms with E-state index in [1.807, 2.05) is 32.0 Å². The van der Waals surface area contributed by atoms with E-state index in [4.69, 9.17) is 4.74 Å². The second-order valence-electron chi connectivity index (χ2n) is 6.35. The Bertz CT molecular complexity index is 613. The number of carbonyl (C=O) groups is 2. The average molecular weight is 317 g/mol. The number of carbonyl (C=O) groups excluding carboxylic acids is 2. The number of anilines is 2. The topological polar surface area (TPSA) is 70.7 Å². The molecule has 1 aliphatic heterocycles. The summed E-state index contributed by atoms with van der Waals surface area (Å²) in [5.41, 5.74) is 2.41. The molecule has 1 heterocycles. The molecule has 0 aromatic heterocycles. The van der Waals surface area contributed by atoms with Gasteiger partial charge in [0.25, 0.3) is 0 Å². The maximum Gasteiger partial charge on any atom is 0.322 e. The van der Waals surface area contributed by atoms with Crippen molar-refractivity contribution in [2.45, 2.75) is 32.8 Å². The number of hydrogen-bond donors (Lipinski definition) is 2. The largest absolute Gasteiger partial charge is 0.375 e. The molecule has 1 aliphatic carbocycles. The summed E-state index contributed by atoms with van der Waals surface area (Å²) in [6.07, 6.45) is 1.99. The maximum absolute atomic E-state index is 12.4. The van der Waals surface area contributed by atoms with Crippen LogP contribution in [0.25, 0.3) is 0 Å². The Morgan fingerprint density at radius 3 is 2.74 bits per heavy atom. The number of ether oxygens (including phenoxy) is 1. The van der Waals surface area contributed by atoms with E-state index in [1.165, 1.54) is 0 Å². The molecule has 1 aromatic rings. The number of nitrogens with zero attached hydrogens (tertiary/aromatic N) is 1. The van der Waals surface area contributed by atoms with Crippen LogP contribution in [0.15, 0.2) is 18.2 Å². The number of rotatable bonds is 3. The third-order valence-electron chi connectivity index (χ3n) is 4.22. The van der Waals surface area contributed by atoms with Gasteiger partial charge in [-0.05, 0) is 44.4 Å². The molecule has 1 saturated carbocycles.